The van der Waals surface area contributed by atoms with Gasteiger partial charge in [0.15, 0.2) is 11.5 Å². The molecule has 3 aromatic rings. The van der Waals surface area contributed by atoms with E-state index in [-0.39, 0.29) is 0 Å². The average Bonchev–Trinajstić information content (AvgIpc) is 2.87. The van der Waals surface area contributed by atoms with E-state index in [0.29, 0.717) is 12.0 Å². The third-order valence-corrected chi connectivity index (χ3v) is 7.78. The lowest BCUT2D eigenvalue weighted by molar-refractivity contribution is 0.337. The van der Waals surface area contributed by atoms with Gasteiger partial charge in [-0.2, -0.15) is 0 Å². The second-order valence-electron chi connectivity index (χ2n) is 10.1. The van der Waals surface area contributed by atoms with E-state index in [1.54, 1.807) is 14.2 Å². The number of methoxy groups -OCH3 is 2. The second-order valence-corrected chi connectivity index (χ2v) is 10.1. The van der Waals surface area contributed by atoms with Gasteiger partial charge in [-0.15, -0.1) is 0 Å². The summed E-state index contributed by atoms with van der Waals surface area (Å²) in [5.74, 6) is 2.29. The van der Waals surface area contributed by atoms with Gasteiger partial charge in [0.25, 0.3) is 0 Å². The minimum Gasteiger partial charge on any atom is -0.493 e. The van der Waals surface area contributed by atoms with Crippen LogP contribution in [0.2, 0.25) is 0 Å². The van der Waals surface area contributed by atoms with Crippen molar-refractivity contribution in [3.05, 3.63) is 77.4 Å². The van der Waals surface area contributed by atoms with Gasteiger partial charge in [0.05, 0.1) is 14.2 Å². The first-order chi connectivity index (χ1) is 17.2. The molecule has 1 aliphatic carbocycles. The Morgan fingerprint density at radius 3 is 2.29 bits per heavy atom. The molecule has 0 spiro atoms. The highest BCUT2D eigenvalue weighted by Gasteiger charge is 2.26. The number of nitrogens with one attached hydrogen (secondary N) is 1. The number of rotatable bonds is 8. The predicted octanol–water partition coefficient (Wildman–Crippen LogP) is 6.71. The Bertz CT molecular complexity index is 1130. The van der Waals surface area contributed by atoms with Crippen LogP contribution < -0.4 is 19.7 Å². The third kappa shape index (κ3) is 5.18. The Kier molecular flexibility index (Phi) is 7.29. The van der Waals surface area contributed by atoms with Crippen molar-refractivity contribution in [3.63, 3.8) is 0 Å². The monoisotopic (exact) mass is 470 g/mol. The highest BCUT2D eigenvalue weighted by atomic mass is 16.5. The van der Waals surface area contributed by atoms with E-state index in [1.165, 1.54) is 65.6 Å². The predicted molar refractivity (Wildman–Crippen MR) is 145 cm³/mol. The molecule has 3 aromatic carbocycles. The topological polar surface area (TPSA) is 33.7 Å². The molecule has 1 heterocycles. The smallest absolute Gasteiger partial charge is 0.164 e. The van der Waals surface area contributed by atoms with Gasteiger partial charge in [-0.3, -0.25) is 0 Å². The van der Waals surface area contributed by atoms with Gasteiger partial charge in [0.1, 0.15) is 0 Å². The maximum atomic E-state index is 5.78. The van der Waals surface area contributed by atoms with E-state index in [0.717, 1.165) is 31.1 Å². The molecule has 5 rings (SSSR count). The molecule has 1 saturated carbocycles. The molecule has 0 atom stereocenters. The quantitative estimate of drug-likeness (QED) is 0.397. The van der Waals surface area contributed by atoms with E-state index in [9.17, 15) is 0 Å². The van der Waals surface area contributed by atoms with Crippen molar-refractivity contribution in [2.24, 2.45) is 0 Å². The van der Waals surface area contributed by atoms with Gasteiger partial charge in [-0.1, -0.05) is 42.3 Å². The van der Waals surface area contributed by atoms with Gasteiger partial charge in [-0.25, -0.2) is 0 Å². The van der Waals surface area contributed by atoms with Crippen LogP contribution in [0.15, 0.2) is 60.7 Å². The van der Waals surface area contributed by atoms with Crippen molar-refractivity contribution >= 4 is 5.69 Å². The maximum Gasteiger partial charge on any atom is 0.164 e. The van der Waals surface area contributed by atoms with E-state index in [1.807, 2.05) is 0 Å². The molecular formula is C31H38N2O2. The van der Waals surface area contributed by atoms with Crippen LogP contribution in [-0.4, -0.2) is 33.4 Å². The van der Waals surface area contributed by atoms with Crippen molar-refractivity contribution in [2.75, 3.05) is 32.2 Å². The van der Waals surface area contributed by atoms with Crippen molar-refractivity contribution in [1.29, 1.82) is 0 Å². The summed E-state index contributed by atoms with van der Waals surface area (Å²) in [6.45, 7) is 5.23. The van der Waals surface area contributed by atoms with Crippen molar-refractivity contribution in [1.82, 2.24) is 5.32 Å². The van der Waals surface area contributed by atoms with Gasteiger partial charge in [-0.05, 0) is 98.6 Å². The van der Waals surface area contributed by atoms with Gasteiger partial charge >= 0.3 is 0 Å². The highest BCUT2D eigenvalue weighted by Crippen LogP contribution is 2.46. The molecule has 1 saturated heterocycles. The molecule has 0 amide bonds. The standard InChI is InChI=1S/C31H38N2O2/c1-22-10-12-27(13-11-22)33(28-14-16-32-17-15-28)21-23-6-4-9-25(18-23)26-19-29(24-7-5-8-24)31(35-3)30(20-26)34-2/h4,6,9-13,18-20,24,28,32H,5,7-8,14-17,21H2,1-3H3. The van der Waals surface area contributed by atoms with Crippen LogP contribution >= 0.6 is 0 Å². The first-order valence-electron chi connectivity index (χ1n) is 13.1. The van der Waals surface area contributed by atoms with Gasteiger partial charge in [0, 0.05) is 23.8 Å². The van der Waals surface area contributed by atoms with Crippen LogP contribution in [0.25, 0.3) is 11.1 Å². The first kappa shape index (κ1) is 23.7. The Hall–Kier alpha value is -2.98. The summed E-state index contributed by atoms with van der Waals surface area (Å²) >= 11 is 0. The van der Waals surface area contributed by atoms with Crippen LogP contribution in [0.1, 0.15) is 54.7 Å². The molecule has 0 bridgehead atoms. The summed E-state index contributed by atoms with van der Waals surface area (Å²) in [6.07, 6.45) is 6.10. The third-order valence-electron chi connectivity index (χ3n) is 7.78. The maximum absolute atomic E-state index is 5.78. The van der Waals surface area contributed by atoms with Crippen molar-refractivity contribution in [3.8, 4) is 22.6 Å². The van der Waals surface area contributed by atoms with Gasteiger partial charge in [0.2, 0.25) is 0 Å². The second kappa shape index (κ2) is 10.7. The fourth-order valence-electron chi connectivity index (χ4n) is 5.51. The minimum atomic E-state index is 0.550. The number of hydrogen-bond donors (Lipinski definition) is 1. The normalized spacial score (nSPS) is 16.5. The largest absolute Gasteiger partial charge is 0.493 e. The highest BCUT2D eigenvalue weighted by molar-refractivity contribution is 5.70. The SMILES string of the molecule is COc1cc(-c2cccc(CN(c3ccc(C)cc3)C3CCNCC3)c2)cc(C2CCC2)c1OC. The molecule has 0 aromatic heterocycles. The number of aryl methyl sites for hydroxylation is 1. The number of ether oxygens (including phenoxy) is 2. The van der Waals surface area contributed by atoms with Crippen molar-refractivity contribution < 1.29 is 9.47 Å². The molecule has 2 fully saturated rings. The van der Waals surface area contributed by atoms with E-state index in [4.69, 9.17) is 9.47 Å². The number of nitrogens with zero attached hydrogens (tertiary/aromatic N) is 1. The van der Waals surface area contributed by atoms with Crippen LogP contribution in [0.4, 0.5) is 5.69 Å². The zero-order valence-corrected chi connectivity index (χ0v) is 21.3. The summed E-state index contributed by atoms with van der Waals surface area (Å²) < 4.78 is 11.5. The fourth-order valence-corrected chi connectivity index (χ4v) is 5.51. The summed E-state index contributed by atoms with van der Waals surface area (Å²) in [4.78, 5) is 2.60. The minimum absolute atomic E-state index is 0.550. The Labute approximate surface area is 210 Å². The van der Waals surface area contributed by atoms with Crippen LogP contribution in [0.3, 0.4) is 0 Å². The summed E-state index contributed by atoms with van der Waals surface area (Å²) in [5.41, 5.74) is 7.67. The molecule has 4 nitrogen and oxygen atoms in total. The number of hydrogen-bond acceptors (Lipinski definition) is 4. The number of piperidine rings is 1. The zero-order chi connectivity index (χ0) is 24.2. The Morgan fingerprint density at radius 1 is 0.857 bits per heavy atom. The van der Waals surface area contributed by atoms with Crippen molar-refractivity contribution in [2.45, 2.75) is 57.5 Å². The van der Waals surface area contributed by atoms with Crippen LogP contribution in [0, 0.1) is 6.92 Å². The summed E-state index contributed by atoms with van der Waals surface area (Å²) in [6, 6.07) is 23.1. The molecule has 35 heavy (non-hydrogen) atoms. The van der Waals surface area contributed by atoms with Crippen LogP contribution in [-0.2, 0) is 6.54 Å². The number of benzene rings is 3. The molecule has 0 unspecified atom stereocenters. The Morgan fingerprint density at radius 2 is 1.63 bits per heavy atom. The Balaban J connectivity index is 1.47. The average molecular weight is 471 g/mol. The fraction of sp³-hybridized carbons (Fsp3) is 0.419. The zero-order valence-electron chi connectivity index (χ0n) is 21.3. The molecule has 2 aliphatic rings. The summed E-state index contributed by atoms with van der Waals surface area (Å²) in [7, 11) is 3.49. The molecule has 184 valence electrons. The van der Waals surface area contributed by atoms with Crippen LogP contribution in [0.5, 0.6) is 11.5 Å². The molecule has 1 N–H and O–H groups in total. The lowest BCUT2D eigenvalue weighted by atomic mass is 9.78. The van der Waals surface area contributed by atoms with E-state index >= 15 is 0 Å². The first-order valence-corrected chi connectivity index (χ1v) is 13.1. The lowest BCUT2D eigenvalue weighted by Gasteiger charge is -2.36. The lowest BCUT2D eigenvalue weighted by Crippen LogP contribution is -2.43. The molecule has 4 heteroatoms. The van der Waals surface area contributed by atoms with E-state index < -0.39 is 0 Å². The number of anilines is 1. The van der Waals surface area contributed by atoms with Gasteiger partial charge < -0.3 is 19.7 Å². The van der Waals surface area contributed by atoms with E-state index in [2.05, 4.69) is 77.8 Å². The molecule has 0 radical (unpaired) electrons. The summed E-state index contributed by atoms with van der Waals surface area (Å²) in [5, 5.41) is 3.52. The molecular weight excluding hydrogens is 432 g/mol. The molecule has 1 aliphatic heterocycles.